The molecule has 2 nitrogen and oxygen atoms in total. The van der Waals surface area contributed by atoms with Crippen molar-refractivity contribution >= 4 is 15.9 Å². The van der Waals surface area contributed by atoms with Crippen LogP contribution in [0.1, 0.15) is 5.56 Å². The third-order valence-corrected chi connectivity index (χ3v) is 2.24. The molecule has 0 bridgehead atoms. The minimum Gasteiger partial charge on any atom is -0.507 e. The summed E-state index contributed by atoms with van der Waals surface area (Å²) in [6.07, 6.45) is 0.314. The summed E-state index contributed by atoms with van der Waals surface area (Å²) < 4.78 is 0.613. The van der Waals surface area contributed by atoms with E-state index in [1.807, 2.05) is 6.07 Å². The van der Waals surface area contributed by atoms with Crippen LogP contribution in [0, 0.1) is 11.3 Å². The van der Waals surface area contributed by atoms with Crippen LogP contribution in [-0.2, 0) is 6.42 Å². The average molecular weight is 212 g/mol. The molecule has 0 unspecified atom stereocenters. The van der Waals surface area contributed by atoms with Crippen molar-refractivity contribution in [3.8, 4) is 11.8 Å². The molecule has 0 aliphatic carbocycles. The van der Waals surface area contributed by atoms with Gasteiger partial charge in [-0.2, -0.15) is 5.26 Å². The molecule has 0 atom stereocenters. The Labute approximate surface area is 73.2 Å². The number of aromatic hydroxyl groups is 1. The van der Waals surface area contributed by atoms with Gasteiger partial charge in [0.2, 0.25) is 0 Å². The lowest BCUT2D eigenvalue weighted by molar-refractivity contribution is 0.471. The van der Waals surface area contributed by atoms with E-state index in [-0.39, 0.29) is 5.75 Å². The molecule has 56 valence electrons. The van der Waals surface area contributed by atoms with Gasteiger partial charge in [0.25, 0.3) is 0 Å². The van der Waals surface area contributed by atoms with E-state index in [0.29, 0.717) is 10.9 Å². The van der Waals surface area contributed by atoms with Gasteiger partial charge in [-0.05, 0) is 27.6 Å². The third-order valence-electron chi connectivity index (χ3n) is 1.33. The Bertz CT molecular complexity index is 303. The number of nitrogens with zero attached hydrogens (tertiary/aromatic N) is 1. The summed E-state index contributed by atoms with van der Waals surface area (Å²) in [5.74, 6) is 0.178. The zero-order chi connectivity index (χ0) is 8.27. The first-order valence-electron chi connectivity index (χ1n) is 3.09. The summed E-state index contributed by atoms with van der Waals surface area (Å²) in [5, 5.41) is 17.6. The van der Waals surface area contributed by atoms with Crippen LogP contribution in [-0.4, -0.2) is 5.11 Å². The normalized spacial score (nSPS) is 9.09. The quantitative estimate of drug-likeness (QED) is 0.775. The molecule has 0 saturated heterocycles. The summed E-state index contributed by atoms with van der Waals surface area (Å²) in [6.45, 7) is 0. The Morgan fingerprint density at radius 3 is 2.91 bits per heavy atom. The van der Waals surface area contributed by atoms with Crippen LogP contribution in [0.5, 0.6) is 5.75 Å². The van der Waals surface area contributed by atoms with Crippen molar-refractivity contribution in [3.05, 3.63) is 28.2 Å². The zero-order valence-corrected chi connectivity index (χ0v) is 7.30. The SMILES string of the molecule is N#CCc1cccc(O)c1Br. The van der Waals surface area contributed by atoms with Gasteiger partial charge in [-0.3, -0.25) is 0 Å². The molecule has 0 saturated carbocycles. The number of phenols is 1. The number of nitriles is 1. The molecule has 0 fully saturated rings. The maximum Gasteiger partial charge on any atom is 0.130 e. The Kier molecular flexibility index (Phi) is 2.50. The Hall–Kier alpha value is -1.01. The van der Waals surface area contributed by atoms with Crippen molar-refractivity contribution in [2.24, 2.45) is 0 Å². The molecule has 1 rings (SSSR count). The van der Waals surface area contributed by atoms with E-state index < -0.39 is 0 Å². The third kappa shape index (κ3) is 1.72. The van der Waals surface area contributed by atoms with E-state index in [1.54, 1.807) is 18.2 Å². The van der Waals surface area contributed by atoms with Gasteiger partial charge >= 0.3 is 0 Å². The van der Waals surface area contributed by atoms with Crippen LogP contribution in [0.4, 0.5) is 0 Å². The first-order chi connectivity index (χ1) is 5.25. The maximum absolute atomic E-state index is 9.17. The number of hydrogen-bond donors (Lipinski definition) is 1. The minimum atomic E-state index is 0.178. The number of benzene rings is 1. The van der Waals surface area contributed by atoms with Crippen molar-refractivity contribution < 1.29 is 5.11 Å². The van der Waals surface area contributed by atoms with E-state index in [0.717, 1.165) is 5.56 Å². The summed E-state index contributed by atoms with van der Waals surface area (Å²) >= 11 is 3.18. The van der Waals surface area contributed by atoms with Crippen molar-refractivity contribution in [1.82, 2.24) is 0 Å². The van der Waals surface area contributed by atoms with Gasteiger partial charge in [0.15, 0.2) is 0 Å². The van der Waals surface area contributed by atoms with E-state index in [9.17, 15) is 5.11 Å². The van der Waals surface area contributed by atoms with Crippen LogP contribution in [0.2, 0.25) is 0 Å². The molecule has 0 aliphatic rings. The summed E-state index contributed by atoms with van der Waals surface area (Å²) in [6, 6.07) is 7.10. The van der Waals surface area contributed by atoms with Crippen molar-refractivity contribution in [2.75, 3.05) is 0 Å². The lowest BCUT2D eigenvalue weighted by Crippen LogP contribution is -1.82. The highest BCUT2D eigenvalue weighted by Crippen LogP contribution is 2.27. The van der Waals surface area contributed by atoms with Crippen molar-refractivity contribution in [1.29, 1.82) is 5.26 Å². The highest BCUT2D eigenvalue weighted by molar-refractivity contribution is 9.10. The molecule has 1 N–H and O–H groups in total. The largest absolute Gasteiger partial charge is 0.507 e. The van der Waals surface area contributed by atoms with Gasteiger partial charge in [0.1, 0.15) is 5.75 Å². The van der Waals surface area contributed by atoms with Gasteiger partial charge in [-0.1, -0.05) is 12.1 Å². The predicted octanol–water partition coefficient (Wildman–Crippen LogP) is 2.22. The Morgan fingerprint density at radius 2 is 2.27 bits per heavy atom. The van der Waals surface area contributed by atoms with Crippen molar-refractivity contribution in [2.45, 2.75) is 6.42 Å². The molecular weight excluding hydrogens is 206 g/mol. The molecule has 0 spiro atoms. The van der Waals surface area contributed by atoms with Gasteiger partial charge in [-0.25, -0.2) is 0 Å². The maximum atomic E-state index is 9.17. The van der Waals surface area contributed by atoms with Crippen LogP contribution in [0.25, 0.3) is 0 Å². The van der Waals surface area contributed by atoms with E-state index in [4.69, 9.17) is 5.26 Å². The molecule has 0 aliphatic heterocycles. The minimum absolute atomic E-state index is 0.178. The molecule has 0 heterocycles. The second-order valence-electron chi connectivity index (χ2n) is 2.09. The van der Waals surface area contributed by atoms with Crippen LogP contribution in [0.3, 0.4) is 0 Å². The molecule has 11 heavy (non-hydrogen) atoms. The summed E-state index contributed by atoms with van der Waals surface area (Å²) in [5.41, 5.74) is 0.813. The predicted molar refractivity (Wildman–Crippen MR) is 45.1 cm³/mol. The summed E-state index contributed by atoms with van der Waals surface area (Å²) in [4.78, 5) is 0. The highest BCUT2D eigenvalue weighted by atomic mass is 79.9. The fourth-order valence-corrected chi connectivity index (χ4v) is 1.19. The fourth-order valence-electron chi connectivity index (χ4n) is 0.788. The molecule has 1 aromatic carbocycles. The zero-order valence-electron chi connectivity index (χ0n) is 5.71. The van der Waals surface area contributed by atoms with Gasteiger partial charge < -0.3 is 5.11 Å². The second kappa shape index (κ2) is 3.40. The summed E-state index contributed by atoms with van der Waals surface area (Å²) in [7, 11) is 0. The second-order valence-corrected chi connectivity index (χ2v) is 2.88. The van der Waals surface area contributed by atoms with Gasteiger partial charge in [-0.15, -0.1) is 0 Å². The Morgan fingerprint density at radius 1 is 1.55 bits per heavy atom. The standard InChI is InChI=1S/C8H6BrNO/c9-8-6(4-5-10)2-1-3-7(8)11/h1-3,11H,4H2. The molecular formula is C8H6BrNO. The van der Waals surface area contributed by atoms with E-state index >= 15 is 0 Å². The highest BCUT2D eigenvalue weighted by Gasteiger charge is 2.02. The first kappa shape index (κ1) is 8.09. The molecule has 0 radical (unpaired) electrons. The van der Waals surface area contributed by atoms with Crippen LogP contribution < -0.4 is 0 Å². The monoisotopic (exact) mass is 211 g/mol. The fraction of sp³-hybridized carbons (Fsp3) is 0.125. The Balaban J connectivity index is 3.08. The lowest BCUT2D eigenvalue weighted by atomic mass is 10.2. The number of halogens is 1. The van der Waals surface area contributed by atoms with Crippen molar-refractivity contribution in [3.63, 3.8) is 0 Å². The van der Waals surface area contributed by atoms with E-state index in [2.05, 4.69) is 15.9 Å². The number of rotatable bonds is 1. The molecule has 3 heteroatoms. The molecule has 0 aromatic heterocycles. The van der Waals surface area contributed by atoms with Gasteiger partial charge in [0.05, 0.1) is 17.0 Å². The molecule has 0 amide bonds. The lowest BCUT2D eigenvalue weighted by Gasteiger charge is -2.00. The number of hydrogen-bond acceptors (Lipinski definition) is 2. The molecule has 1 aromatic rings. The number of phenolic OH excluding ortho intramolecular Hbond substituents is 1. The smallest absolute Gasteiger partial charge is 0.130 e. The average Bonchev–Trinajstić information content (AvgIpc) is 1.99. The topological polar surface area (TPSA) is 44.0 Å². The first-order valence-corrected chi connectivity index (χ1v) is 3.88. The van der Waals surface area contributed by atoms with E-state index in [1.165, 1.54) is 0 Å². The van der Waals surface area contributed by atoms with Crippen LogP contribution >= 0.6 is 15.9 Å². The van der Waals surface area contributed by atoms with Gasteiger partial charge in [0, 0.05) is 0 Å². The van der Waals surface area contributed by atoms with Crippen LogP contribution in [0.15, 0.2) is 22.7 Å².